The number of nitrogens with zero attached hydrogens (tertiary/aromatic N) is 3. The van der Waals surface area contributed by atoms with Gasteiger partial charge in [0.15, 0.2) is 11.5 Å². The number of aryl methyl sites for hydroxylation is 1. The number of fused-ring (bicyclic) bond motifs is 1. The lowest BCUT2D eigenvalue weighted by atomic mass is 9.98. The molecule has 11 nitrogen and oxygen atoms in total. The molecule has 0 atom stereocenters. The Hall–Kier alpha value is -4.55. The molecule has 3 aromatic rings. The van der Waals surface area contributed by atoms with Crippen LogP contribution in [0, 0.1) is 5.92 Å². The zero-order chi connectivity index (χ0) is 30.1. The van der Waals surface area contributed by atoms with Crippen LogP contribution in [0.25, 0.3) is 11.3 Å². The molecule has 0 saturated carbocycles. The maximum absolute atomic E-state index is 13.3. The van der Waals surface area contributed by atoms with Crippen LogP contribution in [0.5, 0.6) is 17.2 Å². The molecule has 2 N–H and O–H groups in total. The van der Waals surface area contributed by atoms with Crippen molar-refractivity contribution in [1.82, 2.24) is 14.7 Å². The number of carbonyl (C=O) groups is 2. The van der Waals surface area contributed by atoms with Crippen molar-refractivity contribution in [3.8, 4) is 28.5 Å². The Morgan fingerprint density at radius 2 is 1.69 bits per heavy atom. The Bertz CT molecular complexity index is 1460. The van der Waals surface area contributed by atoms with Crippen LogP contribution in [-0.4, -0.2) is 58.4 Å². The molecule has 224 valence electrons. The van der Waals surface area contributed by atoms with Crippen molar-refractivity contribution < 1.29 is 37.3 Å². The predicted molar refractivity (Wildman–Crippen MR) is 150 cm³/mol. The maximum atomic E-state index is 13.3. The molecule has 5 rings (SSSR count). The second-order valence-electron chi connectivity index (χ2n) is 11.2. The molecule has 2 aromatic carbocycles. The Morgan fingerprint density at radius 1 is 1.02 bits per heavy atom. The summed E-state index contributed by atoms with van der Waals surface area (Å²) in [5, 5.41) is 9.62. The first-order chi connectivity index (χ1) is 19.8. The van der Waals surface area contributed by atoms with Gasteiger partial charge in [0.05, 0.1) is 12.3 Å². The molecule has 1 aromatic heterocycles. The molecule has 0 radical (unpaired) electrons. The first-order valence-electron chi connectivity index (χ1n) is 13.6. The van der Waals surface area contributed by atoms with Gasteiger partial charge < -0.3 is 34.5 Å². The summed E-state index contributed by atoms with van der Waals surface area (Å²) in [5.74, 6) is 0.591. The van der Waals surface area contributed by atoms with Crippen LogP contribution in [0.4, 0.5) is 29.7 Å². The van der Waals surface area contributed by atoms with Crippen LogP contribution in [0.1, 0.15) is 33.6 Å². The third kappa shape index (κ3) is 7.01. The van der Waals surface area contributed by atoms with Crippen molar-refractivity contribution in [1.29, 1.82) is 0 Å². The van der Waals surface area contributed by atoms with E-state index in [0.29, 0.717) is 31.1 Å². The minimum absolute atomic E-state index is 0.115. The zero-order valence-electron chi connectivity index (χ0n) is 23.8. The molecule has 2 aliphatic heterocycles. The van der Waals surface area contributed by atoms with Gasteiger partial charge in [-0.15, -0.1) is 8.78 Å². The number of aromatic nitrogens is 2. The van der Waals surface area contributed by atoms with E-state index in [-0.39, 0.29) is 29.2 Å². The van der Waals surface area contributed by atoms with Crippen LogP contribution in [0.3, 0.4) is 0 Å². The Labute approximate surface area is 241 Å². The van der Waals surface area contributed by atoms with Gasteiger partial charge in [-0.25, -0.2) is 9.59 Å². The number of likely N-dealkylation sites (tertiary alicyclic amines) is 1. The predicted octanol–water partition coefficient (Wildman–Crippen LogP) is 6.08. The fraction of sp³-hybridized carbons (Fsp3) is 0.414. The number of benzene rings is 2. The van der Waals surface area contributed by atoms with E-state index in [2.05, 4.69) is 25.2 Å². The minimum Gasteiger partial charge on any atom is -0.493 e. The lowest BCUT2D eigenvalue weighted by Crippen LogP contribution is -2.42. The highest BCUT2D eigenvalue weighted by atomic mass is 19.3. The SMILES string of the molecule is Cn1nccc1-c1cc(NC(=O)Nc2ccc3c(c2)OC(F)(F)O3)ccc1OCC1CCN(C(=O)OC(C)(C)C)CC1. The van der Waals surface area contributed by atoms with Crippen molar-refractivity contribution in [3.05, 3.63) is 48.7 Å². The number of carbonyl (C=O) groups excluding carboxylic acids is 2. The number of amides is 3. The van der Waals surface area contributed by atoms with E-state index in [9.17, 15) is 18.4 Å². The Kier molecular flexibility index (Phi) is 7.85. The third-order valence-corrected chi connectivity index (χ3v) is 6.73. The van der Waals surface area contributed by atoms with E-state index in [0.717, 1.165) is 24.1 Å². The van der Waals surface area contributed by atoms with Crippen molar-refractivity contribution >= 4 is 23.5 Å². The van der Waals surface area contributed by atoms with Crippen LogP contribution < -0.4 is 24.8 Å². The molecule has 13 heteroatoms. The number of halogens is 2. The number of alkyl halides is 2. The number of hydrogen-bond acceptors (Lipinski definition) is 7. The van der Waals surface area contributed by atoms with Gasteiger partial charge in [-0.2, -0.15) is 5.10 Å². The molecule has 3 amide bonds. The summed E-state index contributed by atoms with van der Waals surface area (Å²) in [4.78, 5) is 26.8. The molecule has 3 heterocycles. The standard InChI is InChI=1S/C29H33F2N5O6/c1-28(2,3)42-27(38)36-13-10-18(11-14-36)17-39-23-7-5-19(15-21(23)22-9-12-32-35(22)4)33-26(37)34-20-6-8-24-25(16-20)41-29(30,31)40-24/h5-9,12,15-16,18H,10-11,13-14,17H2,1-4H3,(H2,33,34,37). The number of piperidine rings is 1. The van der Waals surface area contributed by atoms with E-state index < -0.39 is 17.9 Å². The lowest BCUT2D eigenvalue weighted by molar-refractivity contribution is -0.286. The fourth-order valence-corrected chi connectivity index (χ4v) is 4.71. The molecular weight excluding hydrogens is 552 g/mol. The van der Waals surface area contributed by atoms with E-state index in [1.54, 1.807) is 34.0 Å². The summed E-state index contributed by atoms with van der Waals surface area (Å²) < 4.78 is 48.9. The Balaban J connectivity index is 1.22. The summed E-state index contributed by atoms with van der Waals surface area (Å²) in [7, 11) is 1.81. The van der Waals surface area contributed by atoms with Crippen molar-refractivity contribution in [2.45, 2.75) is 45.5 Å². The quantitative estimate of drug-likeness (QED) is 0.360. The molecule has 42 heavy (non-hydrogen) atoms. The third-order valence-electron chi connectivity index (χ3n) is 6.73. The lowest BCUT2D eigenvalue weighted by Gasteiger charge is -2.33. The molecule has 2 aliphatic rings. The summed E-state index contributed by atoms with van der Waals surface area (Å²) in [6, 6.07) is 10.5. The van der Waals surface area contributed by atoms with Gasteiger partial charge >= 0.3 is 18.4 Å². The monoisotopic (exact) mass is 585 g/mol. The number of anilines is 2. The topological polar surface area (TPSA) is 116 Å². The van der Waals surface area contributed by atoms with E-state index >= 15 is 0 Å². The van der Waals surface area contributed by atoms with Crippen LogP contribution in [0.15, 0.2) is 48.7 Å². The fourth-order valence-electron chi connectivity index (χ4n) is 4.71. The van der Waals surface area contributed by atoms with Crippen LogP contribution in [-0.2, 0) is 11.8 Å². The highest BCUT2D eigenvalue weighted by Gasteiger charge is 2.43. The van der Waals surface area contributed by atoms with Gasteiger partial charge in [-0.3, -0.25) is 4.68 Å². The largest absolute Gasteiger partial charge is 0.586 e. The van der Waals surface area contributed by atoms with E-state index in [4.69, 9.17) is 9.47 Å². The van der Waals surface area contributed by atoms with Crippen LogP contribution >= 0.6 is 0 Å². The highest BCUT2D eigenvalue weighted by Crippen LogP contribution is 2.42. The highest BCUT2D eigenvalue weighted by molar-refractivity contribution is 6.00. The van der Waals surface area contributed by atoms with E-state index in [1.807, 2.05) is 33.9 Å². The number of hydrogen-bond donors (Lipinski definition) is 2. The van der Waals surface area contributed by atoms with Crippen molar-refractivity contribution in [2.75, 3.05) is 30.3 Å². The van der Waals surface area contributed by atoms with Gasteiger partial charge in [0.25, 0.3) is 0 Å². The molecule has 1 saturated heterocycles. The number of rotatable bonds is 6. The molecule has 0 spiro atoms. The molecular formula is C29H33F2N5O6. The zero-order valence-corrected chi connectivity index (χ0v) is 23.8. The van der Waals surface area contributed by atoms with Crippen molar-refractivity contribution in [2.24, 2.45) is 13.0 Å². The molecule has 0 unspecified atom stereocenters. The summed E-state index contributed by atoms with van der Waals surface area (Å²) in [5.41, 5.74) is 1.70. The Morgan fingerprint density at radius 3 is 2.36 bits per heavy atom. The first-order valence-corrected chi connectivity index (χ1v) is 13.6. The smallest absolute Gasteiger partial charge is 0.493 e. The second kappa shape index (κ2) is 11.4. The minimum atomic E-state index is -3.74. The van der Waals surface area contributed by atoms with Gasteiger partial charge in [-0.1, -0.05) is 0 Å². The average Bonchev–Trinajstić information content (AvgIpc) is 3.47. The normalized spacial score (nSPS) is 16.2. The maximum Gasteiger partial charge on any atom is 0.586 e. The number of nitrogens with one attached hydrogen (secondary N) is 2. The molecule has 0 aliphatic carbocycles. The first kappa shape index (κ1) is 29.0. The average molecular weight is 586 g/mol. The van der Waals surface area contributed by atoms with Gasteiger partial charge in [0.1, 0.15) is 11.4 Å². The molecule has 1 fully saturated rings. The molecule has 0 bridgehead atoms. The van der Waals surface area contributed by atoms with E-state index in [1.165, 1.54) is 18.2 Å². The van der Waals surface area contributed by atoms with Crippen LogP contribution in [0.2, 0.25) is 0 Å². The van der Waals surface area contributed by atoms with Gasteiger partial charge in [-0.05, 0) is 75.9 Å². The number of ether oxygens (including phenoxy) is 4. The van der Waals surface area contributed by atoms with Gasteiger partial charge in [0, 0.05) is 49.3 Å². The summed E-state index contributed by atoms with van der Waals surface area (Å²) >= 11 is 0. The summed E-state index contributed by atoms with van der Waals surface area (Å²) in [6.07, 6.45) is -0.795. The summed E-state index contributed by atoms with van der Waals surface area (Å²) in [6.45, 7) is 7.21. The number of urea groups is 1. The van der Waals surface area contributed by atoms with Gasteiger partial charge in [0.2, 0.25) is 0 Å². The second-order valence-corrected chi connectivity index (χ2v) is 11.2. The van der Waals surface area contributed by atoms with Crippen molar-refractivity contribution in [3.63, 3.8) is 0 Å².